The molecule has 0 saturated carbocycles. The van der Waals surface area contributed by atoms with Crippen LogP contribution in [0.2, 0.25) is 10.0 Å². The van der Waals surface area contributed by atoms with E-state index in [2.05, 4.69) is 10.3 Å². The molecule has 6 heteroatoms. The quantitative estimate of drug-likeness (QED) is 0.867. The Labute approximate surface area is 138 Å². The lowest BCUT2D eigenvalue weighted by Crippen LogP contribution is -2.26. The van der Waals surface area contributed by atoms with Gasteiger partial charge in [0.25, 0.3) is 0 Å². The third-order valence-electron chi connectivity index (χ3n) is 2.84. The minimum atomic E-state index is -0.874. The maximum absolute atomic E-state index is 11.9. The second-order valence-corrected chi connectivity index (χ2v) is 5.11. The van der Waals surface area contributed by atoms with Crippen LogP contribution in [-0.4, -0.2) is 10.9 Å². The highest BCUT2D eigenvalue weighted by Crippen LogP contribution is 2.29. The van der Waals surface area contributed by atoms with Crippen molar-refractivity contribution >= 4 is 35.2 Å². The summed E-state index contributed by atoms with van der Waals surface area (Å²) in [6.45, 7) is 0. The van der Waals surface area contributed by atoms with E-state index in [0.29, 0.717) is 10.6 Å². The average Bonchev–Trinajstić information content (AvgIpc) is 2.54. The van der Waals surface area contributed by atoms with Gasteiger partial charge in [-0.05, 0) is 29.8 Å². The van der Waals surface area contributed by atoms with E-state index in [1.54, 1.807) is 48.8 Å². The molecule has 0 radical (unpaired) electrons. The van der Waals surface area contributed by atoms with Gasteiger partial charge in [-0.1, -0.05) is 35.3 Å². The topological polar surface area (TPSA) is 65.8 Å². The molecule has 0 aliphatic rings. The molecule has 0 saturated heterocycles. The highest BCUT2D eigenvalue weighted by Gasteiger charge is 2.17. The number of benzene rings is 1. The summed E-state index contributed by atoms with van der Waals surface area (Å²) in [7, 11) is 0. The van der Waals surface area contributed by atoms with Crippen molar-refractivity contribution in [2.24, 2.45) is 0 Å². The van der Waals surface area contributed by atoms with Crippen molar-refractivity contribution in [3.63, 3.8) is 0 Å². The molecule has 1 amide bonds. The fourth-order valence-electron chi connectivity index (χ4n) is 1.76. The smallest absolute Gasteiger partial charge is 0.245 e. The van der Waals surface area contributed by atoms with Gasteiger partial charge in [0.15, 0.2) is 0 Å². The number of nitrogens with zero attached hydrogens (tertiary/aromatic N) is 2. The van der Waals surface area contributed by atoms with Crippen molar-refractivity contribution < 1.29 is 4.79 Å². The largest absolute Gasteiger partial charge is 0.333 e. The monoisotopic (exact) mass is 331 g/mol. The van der Waals surface area contributed by atoms with E-state index >= 15 is 0 Å². The van der Waals surface area contributed by atoms with E-state index < -0.39 is 11.9 Å². The number of rotatable bonds is 4. The Morgan fingerprint density at radius 3 is 2.68 bits per heavy atom. The average molecular weight is 332 g/mol. The van der Waals surface area contributed by atoms with Crippen LogP contribution in [0.25, 0.3) is 6.08 Å². The molecule has 1 heterocycles. The molecule has 2 rings (SSSR count). The van der Waals surface area contributed by atoms with E-state index in [-0.39, 0.29) is 5.02 Å². The van der Waals surface area contributed by atoms with Crippen LogP contribution in [0.5, 0.6) is 0 Å². The van der Waals surface area contributed by atoms with Gasteiger partial charge >= 0.3 is 0 Å². The lowest BCUT2D eigenvalue weighted by molar-refractivity contribution is -0.116. The summed E-state index contributed by atoms with van der Waals surface area (Å²) in [5.74, 6) is -0.403. The van der Waals surface area contributed by atoms with E-state index in [9.17, 15) is 10.1 Å². The van der Waals surface area contributed by atoms with Crippen molar-refractivity contribution in [1.82, 2.24) is 10.3 Å². The SMILES string of the molecule is N#C[C@@H](NC(=O)/C=C\c1ccncc1)c1cccc(Cl)c1Cl. The first-order valence-electron chi connectivity index (χ1n) is 6.34. The van der Waals surface area contributed by atoms with Crippen LogP contribution < -0.4 is 5.32 Å². The highest BCUT2D eigenvalue weighted by molar-refractivity contribution is 6.42. The normalized spacial score (nSPS) is 11.9. The minimum Gasteiger partial charge on any atom is -0.333 e. The third kappa shape index (κ3) is 4.08. The van der Waals surface area contributed by atoms with Gasteiger partial charge in [0.1, 0.15) is 6.04 Å². The molecule has 1 aromatic heterocycles. The van der Waals surface area contributed by atoms with Crippen LogP contribution in [0.3, 0.4) is 0 Å². The van der Waals surface area contributed by atoms with Crippen molar-refractivity contribution in [3.8, 4) is 6.07 Å². The zero-order valence-electron chi connectivity index (χ0n) is 11.3. The Kier molecular flexibility index (Phi) is 5.54. The summed E-state index contributed by atoms with van der Waals surface area (Å²) in [5, 5.41) is 12.4. The Balaban J connectivity index is 2.11. The van der Waals surface area contributed by atoms with Gasteiger partial charge in [-0.25, -0.2) is 0 Å². The Hall–Kier alpha value is -2.35. The number of nitriles is 1. The third-order valence-corrected chi connectivity index (χ3v) is 3.67. The van der Waals surface area contributed by atoms with Gasteiger partial charge in [-0.15, -0.1) is 0 Å². The van der Waals surface area contributed by atoms with E-state index in [4.69, 9.17) is 23.2 Å². The van der Waals surface area contributed by atoms with Crippen molar-refractivity contribution in [3.05, 3.63) is 70.0 Å². The highest BCUT2D eigenvalue weighted by atomic mass is 35.5. The van der Waals surface area contributed by atoms with Crippen LogP contribution >= 0.6 is 23.2 Å². The number of carbonyl (C=O) groups excluding carboxylic acids is 1. The predicted octanol–water partition coefficient (Wildman–Crippen LogP) is 3.78. The number of pyridine rings is 1. The maximum atomic E-state index is 11.9. The van der Waals surface area contributed by atoms with Gasteiger partial charge < -0.3 is 5.32 Å². The molecule has 0 bridgehead atoms. The second-order valence-electron chi connectivity index (χ2n) is 4.33. The molecule has 1 N–H and O–H groups in total. The van der Waals surface area contributed by atoms with Crippen molar-refractivity contribution in [2.45, 2.75) is 6.04 Å². The molecule has 110 valence electrons. The van der Waals surface area contributed by atoms with Crippen LogP contribution in [0.4, 0.5) is 0 Å². The molecule has 0 fully saturated rings. The molecule has 4 nitrogen and oxygen atoms in total. The molecule has 0 spiro atoms. The fraction of sp³-hybridized carbons (Fsp3) is 0.0625. The first kappa shape index (κ1) is 16.0. The van der Waals surface area contributed by atoms with E-state index in [1.165, 1.54) is 6.08 Å². The summed E-state index contributed by atoms with van der Waals surface area (Å²) < 4.78 is 0. The van der Waals surface area contributed by atoms with Crippen LogP contribution in [0.15, 0.2) is 48.8 Å². The first-order chi connectivity index (χ1) is 10.6. The molecule has 0 aliphatic heterocycles. The molecule has 0 unspecified atom stereocenters. The Morgan fingerprint density at radius 2 is 2.00 bits per heavy atom. The number of carbonyl (C=O) groups is 1. The molecule has 1 atom stereocenters. The second kappa shape index (κ2) is 7.60. The molecule has 1 aromatic carbocycles. The predicted molar refractivity (Wildman–Crippen MR) is 86.2 cm³/mol. The van der Waals surface area contributed by atoms with Gasteiger partial charge in [-0.2, -0.15) is 5.26 Å². The summed E-state index contributed by atoms with van der Waals surface area (Å²) in [6, 6.07) is 9.59. The van der Waals surface area contributed by atoms with Gasteiger partial charge in [0.2, 0.25) is 5.91 Å². The number of halogens is 2. The number of nitrogens with one attached hydrogen (secondary N) is 1. The van der Waals surface area contributed by atoms with Gasteiger partial charge in [-0.3, -0.25) is 9.78 Å². The lowest BCUT2D eigenvalue weighted by atomic mass is 10.1. The number of aromatic nitrogens is 1. The molecule has 2 aromatic rings. The maximum Gasteiger partial charge on any atom is 0.245 e. The summed E-state index contributed by atoms with van der Waals surface area (Å²) in [4.78, 5) is 15.8. The van der Waals surface area contributed by atoms with Gasteiger partial charge in [0.05, 0.1) is 16.1 Å². The van der Waals surface area contributed by atoms with Crippen molar-refractivity contribution in [2.75, 3.05) is 0 Å². The van der Waals surface area contributed by atoms with E-state index in [1.807, 2.05) is 6.07 Å². The van der Waals surface area contributed by atoms with Gasteiger partial charge in [0, 0.05) is 24.0 Å². The van der Waals surface area contributed by atoms with Crippen molar-refractivity contribution in [1.29, 1.82) is 5.26 Å². The minimum absolute atomic E-state index is 0.258. The molecular weight excluding hydrogens is 321 g/mol. The summed E-state index contributed by atoms with van der Waals surface area (Å²) in [6.07, 6.45) is 6.23. The zero-order valence-corrected chi connectivity index (χ0v) is 12.8. The number of amides is 1. The van der Waals surface area contributed by atoms with Crippen LogP contribution in [0, 0.1) is 11.3 Å². The summed E-state index contributed by atoms with van der Waals surface area (Å²) in [5.41, 5.74) is 1.29. The first-order valence-corrected chi connectivity index (χ1v) is 7.09. The van der Waals surface area contributed by atoms with Crippen LogP contribution in [0.1, 0.15) is 17.2 Å². The summed E-state index contributed by atoms with van der Waals surface area (Å²) >= 11 is 12.0. The standard InChI is InChI=1S/C16H11Cl2N3O/c17-13-3-1-2-12(16(13)18)14(10-19)21-15(22)5-4-11-6-8-20-9-7-11/h1-9,14H,(H,21,22)/b5-4-/t14-/m1/s1. The Bertz CT molecular complexity index is 739. The molecular formula is C16H11Cl2N3O. The van der Waals surface area contributed by atoms with Crippen LogP contribution in [-0.2, 0) is 4.79 Å². The fourth-order valence-corrected chi connectivity index (χ4v) is 2.18. The molecule has 22 heavy (non-hydrogen) atoms. The number of hydrogen-bond donors (Lipinski definition) is 1. The van der Waals surface area contributed by atoms with E-state index in [0.717, 1.165) is 5.56 Å². The Morgan fingerprint density at radius 1 is 1.27 bits per heavy atom. The number of hydrogen-bond acceptors (Lipinski definition) is 3. The molecule has 0 aliphatic carbocycles. The zero-order chi connectivity index (χ0) is 15.9. The lowest BCUT2D eigenvalue weighted by Gasteiger charge is -2.12.